The van der Waals surface area contributed by atoms with Crippen LogP contribution in [0, 0.1) is 0 Å². The Morgan fingerprint density at radius 3 is 2.52 bits per heavy atom. The number of hydrogen-bond acceptors (Lipinski definition) is 3. The van der Waals surface area contributed by atoms with Gasteiger partial charge in [-0.05, 0) is 44.9 Å². The van der Waals surface area contributed by atoms with Gasteiger partial charge in [-0.15, -0.1) is 0 Å². The van der Waals surface area contributed by atoms with Crippen LogP contribution in [-0.4, -0.2) is 51.3 Å². The van der Waals surface area contributed by atoms with Crippen LogP contribution in [0.5, 0.6) is 0 Å². The maximum Gasteiger partial charge on any atom is 0.329 e. The van der Waals surface area contributed by atoms with Crippen molar-refractivity contribution in [3.05, 3.63) is 0 Å². The standard InChI is InChI=1S/C15H26N2O4/c1-2-8-15(13(19)20)9-3-10-17(15)14(21)16-11-4-6-12(18)7-5-11/h11-12,18H,2-10H2,1H3,(H,16,21)(H,19,20). The summed E-state index contributed by atoms with van der Waals surface area (Å²) >= 11 is 0. The van der Waals surface area contributed by atoms with Gasteiger partial charge < -0.3 is 20.4 Å². The lowest BCUT2D eigenvalue weighted by Crippen LogP contribution is -2.57. The quantitative estimate of drug-likeness (QED) is 0.737. The molecule has 0 spiro atoms. The summed E-state index contributed by atoms with van der Waals surface area (Å²) in [7, 11) is 0. The van der Waals surface area contributed by atoms with Crippen LogP contribution in [0.4, 0.5) is 4.79 Å². The van der Waals surface area contributed by atoms with Crippen molar-refractivity contribution in [2.24, 2.45) is 0 Å². The number of urea groups is 1. The summed E-state index contributed by atoms with van der Waals surface area (Å²) in [6, 6.07) is -0.209. The lowest BCUT2D eigenvalue weighted by molar-refractivity contribution is -0.148. The predicted molar refractivity (Wildman–Crippen MR) is 78.0 cm³/mol. The Bertz CT molecular complexity index is 393. The smallest absolute Gasteiger partial charge is 0.329 e. The van der Waals surface area contributed by atoms with E-state index in [0.717, 1.165) is 25.7 Å². The third-order valence-electron chi connectivity index (χ3n) is 4.82. The SMILES string of the molecule is CCCC1(C(=O)O)CCCN1C(=O)NC1CCC(O)CC1. The molecule has 1 saturated carbocycles. The third-order valence-corrected chi connectivity index (χ3v) is 4.82. The van der Waals surface area contributed by atoms with Crippen LogP contribution in [0.15, 0.2) is 0 Å². The lowest BCUT2D eigenvalue weighted by Gasteiger charge is -2.36. The molecule has 0 bridgehead atoms. The number of likely N-dealkylation sites (tertiary alicyclic amines) is 1. The first-order chi connectivity index (χ1) is 9.99. The van der Waals surface area contributed by atoms with E-state index in [2.05, 4.69) is 5.32 Å². The Labute approximate surface area is 125 Å². The number of carboxylic acids is 1. The molecule has 1 aliphatic heterocycles. The molecule has 6 heteroatoms. The van der Waals surface area contributed by atoms with Gasteiger partial charge in [0.25, 0.3) is 0 Å². The summed E-state index contributed by atoms with van der Waals surface area (Å²) in [4.78, 5) is 25.7. The van der Waals surface area contributed by atoms with Crippen LogP contribution in [0.3, 0.4) is 0 Å². The van der Waals surface area contributed by atoms with Crippen LogP contribution in [0.25, 0.3) is 0 Å². The molecule has 2 aliphatic rings. The van der Waals surface area contributed by atoms with E-state index in [-0.39, 0.29) is 18.2 Å². The van der Waals surface area contributed by atoms with Crippen molar-refractivity contribution in [2.75, 3.05) is 6.54 Å². The van der Waals surface area contributed by atoms with Crippen molar-refractivity contribution in [3.8, 4) is 0 Å². The van der Waals surface area contributed by atoms with Crippen LogP contribution in [0.2, 0.25) is 0 Å². The van der Waals surface area contributed by atoms with Gasteiger partial charge in [-0.1, -0.05) is 13.3 Å². The molecule has 120 valence electrons. The first-order valence-electron chi connectivity index (χ1n) is 7.99. The molecule has 6 nitrogen and oxygen atoms in total. The highest BCUT2D eigenvalue weighted by Gasteiger charge is 2.49. The number of carboxylic acid groups (broad SMARTS) is 1. The fourth-order valence-corrected chi connectivity index (χ4v) is 3.65. The summed E-state index contributed by atoms with van der Waals surface area (Å²) < 4.78 is 0. The summed E-state index contributed by atoms with van der Waals surface area (Å²) in [5, 5.41) is 22.1. The van der Waals surface area contributed by atoms with Crippen molar-refractivity contribution < 1.29 is 19.8 Å². The molecule has 1 unspecified atom stereocenters. The molecule has 0 radical (unpaired) electrons. The number of aliphatic carboxylic acids is 1. The van der Waals surface area contributed by atoms with Crippen molar-refractivity contribution in [1.29, 1.82) is 0 Å². The highest BCUT2D eigenvalue weighted by molar-refractivity contribution is 5.87. The van der Waals surface area contributed by atoms with E-state index in [9.17, 15) is 19.8 Å². The average molecular weight is 298 g/mol. The van der Waals surface area contributed by atoms with E-state index in [1.54, 1.807) is 0 Å². The minimum atomic E-state index is -1.03. The van der Waals surface area contributed by atoms with Gasteiger partial charge in [0.15, 0.2) is 0 Å². The van der Waals surface area contributed by atoms with Gasteiger partial charge in [0.1, 0.15) is 5.54 Å². The van der Waals surface area contributed by atoms with Gasteiger partial charge in [0.05, 0.1) is 6.10 Å². The highest BCUT2D eigenvalue weighted by Crippen LogP contribution is 2.34. The number of amides is 2. The summed E-state index contributed by atoms with van der Waals surface area (Å²) in [6.45, 7) is 2.45. The van der Waals surface area contributed by atoms with Gasteiger partial charge in [0.2, 0.25) is 0 Å². The second kappa shape index (κ2) is 6.64. The minimum Gasteiger partial charge on any atom is -0.479 e. The Morgan fingerprint density at radius 1 is 1.29 bits per heavy atom. The third kappa shape index (κ3) is 3.31. The first-order valence-corrected chi connectivity index (χ1v) is 7.99. The van der Waals surface area contributed by atoms with Crippen molar-refractivity contribution in [2.45, 2.75) is 76.0 Å². The number of aliphatic hydroxyl groups excluding tert-OH is 1. The monoisotopic (exact) mass is 298 g/mol. The maximum atomic E-state index is 12.5. The molecule has 2 fully saturated rings. The van der Waals surface area contributed by atoms with E-state index in [1.165, 1.54) is 4.90 Å². The molecule has 0 aromatic rings. The molecule has 21 heavy (non-hydrogen) atoms. The van der Waals surface area contributed by atoms with Crippen LogP contribution >= 0.6 is 0 Å². The Hall–Kier alpha value is -1.30. The van der Waals surface area contributed by atoms with E-state index in [0.29, 0.717) is 32.2 Å². The van der Waals surface area contributed by atoms with E-state index in [1.807, 2.05) is 6.92 Å². The maximum absolute atomic E-state index is 12.5. The molecule has 1 atom stereocenters. The van der Waals surface area contributed by atoms with Crippen LogP contribution < -0.4 is 5.32 Å². The predicted octanol–water partition coefficient (Wildman–Crippen LogP) is 1.72. The van der Waals surface area contributed by atoms with Crippen molar-refractivity contribution in [1.82, 2.24) is 10.2 Å². The number of carbonyl (C=O) groups is 2. The number of nitrogens with zero attached hydrogens (tertiary/aromatic N) is 1. The van der Waals surface area contributed by atoms with E-state index in [4.69, 9.17) is 0 Å². The summed E-state index contributed by atoms with van der Waals surface area (Å²) in [6.07, 6.45) is 5.17. The fraction of sp³-hybridized carbons (Fsp3) is 0.867. The molecule has 3 N–H and O–H groups in total. The van der Waals surface area contributed by atoms with Gasteiger partial charge in [-0.3, -0.25) is 0 Å². The Kier molecular flexibility index (Phi) is 5.08. The first kappa shape index (κ1) is 16.1. The highest BCUT2D eigenvalue weighted by atomic mass is 16.4. The number of carbonyl (C=O) groups excluding carboxylic acids is 1. The molecule has 1 heterocycles. The topological polar surface area (TPSA) is 89.9 Å². The lowest BCUT2D eigenvalue weighted by atomic mass is 9.90. The largest absolute Gasteiger partial charge is 0.479 e. The zero-order valence-electron chi connectivity index (χ0n) is 12.7. The zero-order chi connectivity index (χ0) is 15.5. The normalized spacial score (nSPS) is 33.0. The summed E-state index contributed by atoms with van der Waals surface area (Å²) in [5.41, 5.74) is -1.03. The molecule has 2 amide bonds. The number of rotatable bonds is 4. The second-order valence-electron chi connectivity index (χ2n) is 6.30. The molecule has 0 aromatic heterocycles. The Morgan fingerprint density at radius 2 is 1.95 bits per heavy atom. The average Bonchev–Trinajstić information content (AvgIpc) is 2.87. The van der Waals surface area contributed by atoms with Gasteiger partial charge in [-0.2, -0.15) is 0 Å². The second-order valence-corrected chi connectivity index (χ2v) is 6.30. The summed E-state index contributed by atoms with van der Waals surface area (Å²) in [5.74, 6) is -0.893. The molecule has 1 saturated heterocycles. The molecule has 0 aromatic carbocycles. The van der Waals surface area contributed by atoms with Gasteiger partial charge in [-0.25, -0.2) is 9.59 Å². The fourth-order valence-electron chi connectivity index (χ4n) is 3.65. The van der Waals surface area contributed by atoms with Crippen LogP contribution in [0.1, 0.15) is 58.3 Å². The molecular formula is C15H26N2O4. The van der Waals surface area contributed by atoms with E-state index >= 15 is 0 Å². The zero-order valence-corrected chi connectivity index (χ0v) is 12.7. The number of hydrogen-bond donors (Lipinski definition) is 3. The van der Waals surface area contributed by atoms with Gasteiger partial charge >= 0.3 is 12.0 Å². The Balaban J connectivity index is 2.01. The number of nitrogens with one attached hydrogen (secondary N) is 1. The minimum absolute atomic E-state index is 0.0506. The molecule has 1 aliphatic carbocycles. The van der Waals surface area contributed by atoms with Crippen molar-refractivity contribution >= 4 is 12.0 Å². The number of aliphatic hydroxyl groups is 1. The van der Waals surface area contributed by atoms with Gasteiger partial charge in [0, 0.05) is 12.6 Å². The van der Waals surface area contributed by atoms with Crippen molar-refractivity contribution in [3.63, 3.8) is 0 Å². The molecular weight excluding hydrogens is 272 g/mol. The molecule has 2 rings (SSSR count). The van der Waals surface area contributed by atoms with Crippen LogP contribution in [-0.2, 0) is 4.79 Å². The van der Waals surface area contributed by atoms with E-state index < -0.39 is 11.5 Å².